The molecule has 0 aliphatic carbocycles. The molecule has 0 aliphatic heterocycles. The molecule has 1 heterocycles. The van der Waals surface area contributed by atoms with Crippen molar-refractivity contribution in [2.75, 3.05) is 6.61 Å². The second kappa shape index (κ2) is 8.77. The predicted molar refractivity (Wildman–Crippen MR) is 103 cm³/mol. The molecule has 2 aromatic carbocycles. The van der Waals surface area contributed by atoms with Gasteiger partial charge in [0, 0.05) is 12.7 Å². The number of alkyl halides is 6. The maximum absolute atomic E-state index is 13.0. The van der Waals surface area contributed by atoms with Gasteiger partial charge in [0.2, 0.25) is 5.43 Å². The Balaban J connectivity index is 2.00. The van der Waals surface area contributed by atoms with Gasteiger partial charge in [0.15, 0.2) is 0 Å². The maximum Gasteiger partial charge on any atom is 0.416 e. The topological polar surface area (TPSA) is 88.8 Å². The van der Waals surface area contributed by atoms with E-state index in [1.165, 1.54) is 16.7 Å². The highest BCUT2D eigenvalue weighted by Gasteiger charge is 2.36. The molecular formula is C21H15F6NO5. The summed E-state index contributed by atoms with van der Waals surface area (Å²) < 4.78 is 84.7. The van der Waals surface area contributed by atoms with Gasteiger partial charge in [-0.15, -0.1) is 0 Å². The molecule has 0 amide bonds. The Hall–Kier alpha value is -3.54. The van der Waals surface area contributed by atoms with Gasteiger partial charge >= 0.3 is 18.3 Å². The number of aliphatic hydroxyl groups is 1. The number of hydrogen-bond acceptors (Lipinski definition) is 4. The summed E-state index contributed by atoms with van der Waals surface area (Å²) in [5, 5.41) is 18.3. The van der Waals surface area contributed by atoms with Crippen molar-refractivity contribution in [2.45, 2.75) is 25.5 Å². The number of fused-ring (bicyclic) bond motifs is 1. The highest BCUT2D eigenvalue weighted by atomic mass is 19.4. The van der Waals surface area contributed by atoms with E-state index < -0.39 is 52.6 Å². The lowest BCUT2D eigenvalue weighted by Crippen LogP contribution is -2.19. The molecule has 0 aliphatic rings. The Kier molecular flexibility index (Phi) is 6.41. The van der Waals surface area contributed by atoms with Crippen LogP contribution in [-0.4, -0.2) is 27.4 Å². The van der Waals surface area contributed by atoms with E-state index in [0.717, 1.165) is 12.3 Å². The molecule has 176 valence electrons. The molecule has 12 heteroatoms. The molecule has 0 spiro atoms. The molecule has 3 aromatic rings. The Morgan fingerprint density at radius 1 is 0.970 bits per heavy atom. The zero-order valence-corrected chi connectivity index (χ0v) is 16.5. The molecule has 0 saturated carbocycles. The lowest BCUT2D eigenvalue weighted by Gasteiger charge is -2.15. The van der Waals surface area contributed by atoms with Crippen LogP contribution in [0.15, 0.2) is 47.4 Å². The number of ether oxygens (including phenoxy) is 1. The Bertz CT molecular complexity index is 1230. The summed E-state index contributed by atoms with van der Waals surface area (Å²) >= 11 is 0. The zero-order chi connectivity index (χ0) is 24.6. The summed E-state index contributed by atoms with van der Waals surface area (Å²) in [5.41, 5.74) is -4.59. The zero-order valence-electron chi connectivity index (χ0n) is 16.5. The first-order valence-electron chi connectivity index (χ1n) is 9.24. The van der Waals surface area contributed by atoms with Crippen molar-refractivity contribution in [3.8, 4) is 5.75 Å². The molecule has 1 aromatic heterocycles. The smallest absolute Gasteiger partial charge is 0.416 e. The van der Waals surface area contributed by atoms with Crippen LogP contribution < -0.4 is 10.2 Å². The normalized spacial score (nSPS) is 12.2. The van der Waals surface area contributed by atoms with E-state index in [2.05, 4.69) is 0 Å². The first kappa shape index (κ1) is 24.1. The minimum absolute atomic E-state index is 0.00340. The number of pyridine rings is 1. The summed E-state index contributed by atoms with van der Waals surface area (Å²) in [6.45, 7) is -1.06. The van der Waals surface area contributed by atoms with Crippen molar-refractivity contribution in [1.29, 1.82) is 0 Å². The molecule has 0 atom stereocenters. The lowest BCUT2D eigenvalue weighted by molar-refractivity contribution is -0.143. The largest absolute Gasteiger partial charge is 0.489 e. The van der Waals surface area contributed by atoms with Crippen molar-refractivity contribution >= 4 is 16.9 Å². The monoisotopic (exact) mass is 475 g/mol. The third-order valence-electron chi connectivity index (χ3n) is 4.68. The van der Waals surface area contributed by atoms with Gasteiger partial charge in [0.25, 0.3) is 0 Å². The van der Waals surface area contributed by atoms with Crippen LogP contribution in [0.4, 0.5) is 26.3 Å². The number of benzene rings is 2. The molecule has 6 nitrogen and oxygen atoms in total. The quantitative estimate of drug-likeness (QED) is 0.519. The molecule has 33 heavy (non-hydrogen) atoms. The van der Waals surface area contributed by atoms with Gasteiger partial charge in [-0.25, -0.2) is 4.79 Å². The van der Waals surface area contributed by atoms with E-state index in [-0.39, 0.29) is 35.9 Å². The van der Waals surface area contributed by atoms with Crippen LogP contribution in [0.25, 0.3) is 10.9 Å². The van der Waals surface area contributed by atoms with Gasteiger partial charge in [-0.3, -0.25) is 4.79 Å². The number of hydrogen-bond donors (Lipinski definition) is 2. The molecule has 0 radical (unpaired) electrons. The minimum Gasteiger partial charge on any atom is -0.489 e. The number of carboxylic acid groups (broad SMARTS) is 1. The van der Waals surface area contributed by atoms with Crippen LogP contribution in [0.1, 0.15) is 27.0 Å². The van der Waals surface area contributed by atoms with Crippen LogP contribution in [0.3, 0.4) is 0 Å². The predicted octanol–water partition coefficient (Wildman–Crippen LogP) is 4.31. The van der Waals surface area contributed by atoms with E-state index in [4.69, 9.17) is 4.74 Å². The summed E-state index contributed by atoms with van der Waals surface area (Å²) in [6.07, 6.45) is -8.96. The van der Waals surface area contributed by atoms with Gasteiger partial charge < -0.3 is 19.5 Å². The summed E-state index contributed by atoms with van der Waals surface area (Å²) in [6, 6.07) is 4.85. The number of aromatic nitrogens is 1. The van der Waals surface area contributed by atoms with Gasteiger partial charge in [-0.1, -0.05) is 0 Å². The van der Waals surface area contributed by atoms with Gasteiger partial charge in [0.1, 0.15) is 17.9 Å². The third-order valence-corrected chi connectivity index (χ3v) is 4.68. The first-order valence-corrected chi connectivity index (χ1v) is 9.24. The molecule has 2 N–H and O–H groups in total. The van der Waals surface area contributed by atoms with Crippen molar-refractivity contribution in [3.63, 3.8) is 0 Å². The summed E-state index contributed by atoms with van der Waals surface area (Å²) in [5.74, 6) is -1.59. The van der Waals surface area contributed by atoms with Gasteiger partial charge in [-0.05, 0) is 42.0 Å². The number of nitrogens with zero attached hydrogens (tertiary/aromatic N) is 1. The number of carbonyl (C=O) groups is 1. The van der Waals surface area contributed by atoms with Crippen molar-refractivity contribution in [1.82, 2.24) is 4.57 Å². The SMILES string of the molecule is O=C(O)c1cn(CCO)c2ccc(OCc3cc(C(F)(F)F)cc(C(F)(F)F)c3)cc2c1=O. The second-order valence-corrected chi connectivity index (χ2v) is 6.98. The standard InChI is InChI=1S/C21H15F6NO5/c22-20(23,24)12-5-11(6-13(7-12)21(25,26)27)10-33-14-1-2-17-15(8-14)18(30)16(19(31)32)9-28(17)3-4-29/h1-2,5-9,29H,3-4,10H2,(H,31,32). The van der Waals surface area contributed by atoms with Crippen LogP contribution in [0.2, 0.25) is 0 Å². The Morgan fingerprint density at radius 2 is 1.58 bits per heavy atom. The number of aliphatic hydroxyl groups excluding tert-OH is 1. The minimum atomic E-state index is -5.01. The maximum atomic E-state index is 13.0. The summed E-state index contributed by atoms with van der Waals surface area (Å²) in [7, 11) is 0. The molecule has 0 unspecified atom stereocenters. The number of carboxylic acids is 1. The number of halogens is 6. The Morgan fingerprint density at radius 3 is 2.09 bits per heavy atom. The van der Waals surface area contributed by atoms with E-state index in [0.29, 0.717) is 12.1 Å². The molecule has 3 rings (SSSR count). The molecule has 0 bridgehead atoms. The highest BCUT2D eigenvalue weighted by Crippen LogP contribution is 2.36. The molecular weight excluding hydrogens is 460 g/mol. The molecule has 0 fully saturated rings. The van der Waals surface area contributed by atoms with E-state index in [9.17, 15) is 46.1 Å². The van der Waals surface area contributed by atoms with E-state index in [1.807, 2.05) is 0 Å². The fourth-order valence-electron chi connectivity index (χ4n) is 3.18. The fraction of sp³-hybridized carbons (Fsp3) is 0.238. The summed E-state index contributed by atoms with van der Waals surface area (Å²) in [4.78, 5) is 23.9. The lowest BCUT2D eigenvalue weighted by atomic mass is 10.1. The second-order valence-electron chi connectivity index (χ2n) is 6.98. The van der Waals surface area contributed by atoms with Crippen molar-refractivity contribution in [2.24, 2.45) is 0 Å². The van der Waals surface area contributed by atoms with Crippen LogP contribution in [0.5, 0.6) is 5.75 Å². The average Bonchev–Trinajstić information content (AvgIpc) is 2.72. The fourth-order valence-corrected chi connectivity index (χ4v) is 3.18. The van der Waals surface area contributed by atoms with Crippen molar-refractivity contribution in [3.05, 3.63) is 75.1 Å². The Labute approximate surface area is 181 Å². The average molecular weight is 475 g/mol. The van der Waals surface area contributed by atoms with Gasteiger partial charge in [-0.2, -0.15) is 26.3 Å². The van der Waals surface area contributed by atoms with Crippen LogP contribution in [0, 0.1) is 0 Å². The third kappa shape index (κ3) is 5.28. The van der Waals surface area contributed by atoms with Gasteiger partial charge in [0.05, 0.1) is 28.6 Å². The van der Waals surface area contributed by atoms with Crippen LogP contribution >= 0.6 is 0 Å². The number of rotatable bonds is 6. The number of aromatic carboxylic acids is 1. The van der Waals surface area contributed by atoms with Crippen molar-refractivity contribution < 1.29 is 46.1 Å². The highest BCUT2D eigenvalue weighted by molar-refractivity contribution is 5.92. The first-order chi connectivity index (χ1) is 15.3. The van der Waals surface area contributed by atoms with E-state index in [1.54, 1.807) is 0 Å². The van der Waals surface area contributed by atoms with E-state index >= 15 is 0 Å². The van der Waals surface area contributed by atoms with Crippen LogP contribution in [-0.2, 0) is 25.5 Å². The molecule has 0 saturated heterocycles.